The highest BCUT2D eigenvalue weighted by Crippen LogP contribution is 2.72. The summed E-state index contributed by atoms with van der Waals surface area (Å²) in [4.78, 5) is -1.21. The monoisotopic (exact) mass is 692 g/mol. The third kappa shape index (κ3) is 5.25. The second kappa shape index (κ2) is 11.3. The van der Waals surface area contributed by atoms with Crippen LogP contribution in [0.2, 0.25) is 0 Å². The molecule has 0 unspecified atom stereocenters. The topological polar surface area (TPSA) is 52.6 Å². The largest absolute Gasteiger partial charge is 0.497 e. The molecule has 0 N–H and O–H groups in total. The molecule has 0 aliphatic heterocycles. The van der Waals surface area contributed by atoms with Crippen LogP contribution in [0.15, 0.2) is 99.6 Å². The Balaban J connectivity index is 2.35. The molecule has 0 heterocycles. The summed E-state index contributed by atoms with van der Waals surface area (Å²) in [6.45, 7) is 0. The number of halogens is 13. The number of alkyl halides is 13. The predicted octanol–water partition coefficient (Wildman–Crippen LogP) is 8.93. The second-order valence-corrected chi connectivity index (χ2v) is 13.2. The molecule has 0 saturated heterocycles. The third-order valence-corrected chi connectivity index (χ3v) is 11.1. The third-order valence-electron chi connectivity index (χ3n) is 5.93. The van der Waals surface area contributed by atoms with E-state index < -0.39 is 60.4 Å². The first kappa shape index (κ1) is 35.3. The summed E-state index contributed by atoms with van der Waals surface area (Å²) < 4.78 is 215. The molecule has 0 amide bonds. The average molecular weight is 693 g/mol. The van der Waals surface area contributed by atoms with Crippen molar-refractivity contribution in [2.24, 2.45) is 0 Å². The lowest BCUT2D eigenvalue weighted by atomic mass is 9.98. The van der Waals surface area contributed by atoms with E-state index in [9.17, 15) is 56.7 Å². The lowest BCUT2D eigenvalue weighted by molar-refractivity contribution is -0.433. The zero-order valence-electron chi connectivity index (χ0n) is 21.4. The normalized spacial score (nSPS) is 14.8. The van der Waals surface area contributed by atoms with E-state index in [-0.39, 0.29) is 15.5 Å². The maximum Gasteiger partial charge on any atom is 0.460 e. The van der Waals surface area contributed by atoms with Gasteiger partial charge in [-0.3, -0.25) is 0 Å². The molecule has 0 fully saturated rings. The quantitative estimate of drug-likeness (QED) is 0.189. The lowest BCUT2D eigenvalue weighted by Gasteiger charge is -2.42. The van der Waals surface area contributed by atoms with Crippen molar-refractivity contribution >= 4 is 20.4 Å². The van der Waals surface area contributed by atoms with Gasteiger partial charge in [0.2, 0.25) is 0 Å². The Bertz CT molecular complexity index is 1520. The van der Waals surface area contributed by atoms with Crippen LogP contribution in [0.5, 0.6) is 5.75 Å². The van der Waals surface area contributed by atoms with Gasteiger partial charge in [0.15, 0.2) is 0 Å². The highest BCUT2D eigenvalue weighted by Gasteiger charge is 2.93. The molecule has 0 spiro atoms. The highest BCUT2D eigenvalue weighted by atomic mass is 32.3. The van der Waals surface area contributed by atoms with Crippen LogP contribution in [0.4, 0.5) is 57.1 Å². The van der Waals surface area contributed by atoms with Gasteiger partial charge in [0, 0.05) is 14.7 Å². The fourth-order valence-corrected chi connectivity index (χ4v) is 8.87. The van der Waals surface area contributed by atoms with Gasteiger partial charge >= 0.3 is 45.2 Å². The Morgan fingerprint density at radius 3 is 1.34 bits per heavy atom. The van der Waals surface area contributed by atoms with Crippen LogP contribution < -0.4 is 4.74 Å². The summed E-state index contributed by atoms with van der Waals surface area (Å²) >= 11 is 0. The number of rotatable bonds is 11. The summed E-state index contributed by atoms with van der Waals surface area (Å²) in [5.74, 6) is -32.9. The smallest absolute Gasteiger partial charge is 0.460 e. The Labute approximate surface area is 242 Å². The number of hydrogen-bond donors (Lipinski definition) is 0. The first-order chi connectivity index (χ1) is 20.0. The molecule has 0 aliphatic carbocycles. The van der Waals surface area contributed by atoms with Crippen molar-refractivity contribution in [3.63, 3.8) is 0 Å². The SMILES string of the molecule is COc1cccc(S(OS(=O)(=O)C(F)(F)C(F)(F)C(F)(F)C(F)(F)C(F)(F)C(F)(F)F)(c2ccccc2)c2ccccc2)c1. The number of benzene rings is 3. The van der Waals surface area contributed by atoms with Crippen molar-refractivity contribution in [1.82, 2.24) is 0 Å². The van der Waals surface area contributed by atoms with Crippen LogP contribution in [0.1, 0.15) is 0 Å². The van der Waals surface area contributed by atoms with Crippen LogP contribution in [0.25, 0.3) is 0 Å². The molecule has 44 heavy (non-hydrogen) atoms. The maximum atomic E-state index is 15.1. The molecule has 0 atom stereocenters. The van der Waals surface area contributed by atoms with E-state index >= 15 is 8.78 Å². The van der Waals surface area contributed by atoms with Crippen LogP contribution in [0.3, 0.4) is 0 Å². The molecule has 0 radical (unpaired) electrons. The number of methoxy groups -OCH3 is 1. The second-order valence-electron chi connectivity index (χ2n) is 8.70. The molecule has 0 aromatic heterocycles. The molecule has 3 aromatic rings. The van der Waals surface area contributed by atoms with Gasteiger partial charge in [0.05, 0.1) is 7.11 Å². The summed E-state index contributed by atoms with van der Waals surface area (Å²) in [5, 5.41) is -7.56. The van der Waals surface area contributed by atoms with Crippen molar-refractivity contribution in [1.29, 1.82) is 0 Å². The van der Waals surface area contributed by atoms with Gasteiger partial charge in [-0.1, -0.05) is 42.5 Å². The van der Waals surface area contributed by atoms with Crippen molar-refractivity contribution in [3.05, 3.63) is 84.9 Å². The van der Waals surface area contributed by atoms with E-state index in [0.717, 1.165) is 49.6 Å². The van der Waals surface area contributed by atoms with E-state index in [0.29, 0.717) is 0 Å². The van der Waals surface area contributed by atoms with Crippen LogP contribution in [0, 0.1) is 0 Å². The van der Waals surface area contributed by atoms with Crippen LogP contribution in [-0.4, -0.2) is 50.6 Å². The lowest BCUT2D eigenvalue weighted by Crippen LogP contribution is -2.71. The zero-order valence-corrected chi connectivity index (χ0v) is 23.1. The van der Waals surface area contributed by atoms with Crippen molar-refractivity contribution < 1.29 is 73.9 Å². The molecular weight excluding hydrogens is 675 g/mol. The van der Waals surface area contributed by atoms with Gasteiger partial charge in [-0.2, -0.15) is 65.5 Å². The number of ether oxygens (including phenoxy) is 1. The molecular formula is C25H17F13O4S2. The number of hydrogen-bond acceptors (Lipinski definition) is 4. The van der Waals surface area contributed by atoms with Gasteiger partial charge in [-0.05, 0) is 52.8 Å². The summed E-state index contributed by atoms with van der Waals surface area (Å²) in [7, 11) is -10.9. The minimum Gasteiger partial charge on any atom is -0.497 e. The molecule has 0 saturated carbocycles. The van der Waals surface area contributed by atoms with E-state index in [4.69, 9.17) is 4.74 Å². The molecule has 0 aliphatic rings. The van der Waals surface area contributed by atoms with E-state index in [1.807, 2.05) is 0 Å². The van der Waals surface area contributed by atoms with Gasteiger partial charge in [-0.25, -0.2) is 3.63 Å². The van der Waals surface area contributed by atoms with Gasteiger partial charge in [0.25, 0.3) is 0 Å². The summed E-state index contributed by atoms with van der Waals surface area (Å²) in [6.07, 6.45) is -7.66. The summed E-state index contributed by atoms with van der Waals surface area (Å²) in [5.41, 5.74) is 0. The predicted molar refractivity (Wildman–Crippen MR) is 129 cm³/mol. The van der Waals surface area contributed by atoms with E-state index in [2.05, 4.69) is 3.63 Å². The van der Waals surface area contributed by atoms with Gasteiger partial charge < -0.3 is 4.74 Å². The molecule has 4 nitrogen and oxygen atoms in total. The van der Waals surface area contributed by atoms with E-state index in [1.165, 1.54) is 42.5 Å². The Hall–Kier alpha value is -3.19. The van der Waals surface area contributed by atoms with Gasteiger partial charge in [0.1, 0.15) is 5.75 Å². The van der Waals surface area contributed by atoms with Crippen molar-refractivity contribution in [3.8, 4) is 5.75 Å². The molecule has 19 heteroatoms. The Morgan fingerprint density at radius 1 is 0.523 bits per heavy atom. The first-order valence-corrected chi connectivity index (χ1v) is 14.4. The van der Waals surface area contributed by atoms with Crippen molar-refractivity contribution in [2.45, 2.75) is 49.8 Å². The van der Waals surface area contributed by atoms with Crippen LogP contribution in [-0.2, 0) is 13.7 Å². The molecule has 3 rings (SSSR count). The van der Waals surface area contributed by atoms with E-state index in [1.54, 1.807) is 0 Å². The fourth-order valence-electron chi connectivity index (χ4n) is 3.62. The molecule has 0 bridgehead atoms. The molecule has 244 valence electrons. The highest BCUT2D eigenvalue weighted by molar-refractivity contribution is 8.33. The van der Waals surface area contributed by atoms with Gasteiger partial charge in [-0.15, -0.1) is 0 Å². The average Bonchev–Trinajstić information content (AvgIpc) is 2.95. The van der Waals surface area contributed by atoms with Crippen molar-refractivity contribution in [2.75, 3.05) is 7.11 Å². The maximum absolute atomic E-state index is 15.1. The zero-order chi connectivity index (χ0) is 33.6. The minimum absolute atomic E-state index is 0.107. The Morgan fingerprint density at radius 2 is 0.932 bits per heavy atom. The minimum atomic E-state index is -8.34. The first-order valence-electron chi connectivity index (χ1n) is 11.4. The summed E-state index contributed by atoms with van der Waals surface area (Å²) in [6, 6.07) is 16.0. The molecule has 3 aromatic carbocycles. The van der Waals surface area contributed by atoms with Crippen LogP contribution >= 0.6 is 10.3 Å². The fraction of sp³-hybridized carbons (Fsp3) is 0.280. The Kier molecular flexibility index (Phi) is 9.07. The standard InChI is InChI=1S/C25H17F13O4S2/c1-41-16-9-8-14-19(15-16)43(17-10-4-2-5-11-17,18-12-6-3-7-13-18)42-44(39,40)25(37,38)23(32,33)21(28,29)20(26,27)22(30,31)24(34,35)36/h2-15H,1H3.